The number of benzene rings is 3. The molecule has 1 aromatic heterocycles. The summed E-state index contributed by atoms with van der Waals surface area (Å²) in [5, 5.41) is 8.75. The van der Waals surface area contributed by atoms with Crippen LogP contribution in [0.3, 0.4) is 0 Å². The molecule has 3 aromatic carbocycles. The van der Waals surface area contributed by atoms with Crippen molar-refractivity contribution >= 4 is 28.1 Å². The van der Waals surface area contributed by atoms with E-state index in [0.29, 0.717) is 0 Å². The number of fused-ring (bicyclic) bond motifs is 1. The molecule has 0 aliphatic carbocycles. The molecule has 4 heteroatoms. The van der Waals surface area contributed by atoms with E-state index in [0.717, 1.165) is 29.0 Å². The second kappa shape index (κ2) is 7.92. The van der Waals surface area contributed by atoms with Gasteiger partial charge in [-0.05, 0) is 46.2 Å². The van der Waals surface area contributed by atoms with E-state index in [2.05, 4.69) is 64.1 Å². The molecule has 0 aliphatic rings. The van der Waals surface area contributed by atoms with Crippen molar-refractivity contribution < 1.29 is 4.79 Å². The summed E-state index contributed by atoms with van der Waals surface area (Å²) in [4.78, 5) is 15.6. The molecule has 0 atom stereocenters. The second-order valence-corrected chi connectivity index (χ2v) is 6.76. The molecule has 0 saturated heterocycles. The van der Waals surface area contributed by atoms with E-state index < -0.39 is 0 Å². The summed E-state index contributed by atoms with van der Waals surface area (Å²) in [6, 6.07) is 24.7. The molecule has 4 rings (SSSR count). The molecule has 0 spiro atoms. The van der Waals surface area contributed by atoms with Gasteiger partial charge in [0.2, 0.25) is 5.91 Å². The van der Waals surface area contributed by atoms with E-state index >= 15 is 0 Å². The maximum absolute atomic E-state index is 11.3. The van der Waals surface area contributed by atoms with Crippen LogP contribution < -0.4 is 10.6 Å². The van der Waals surface area contributed by atoms with Crippen LogP contribution in [-0.4, -0.2) is 10.9 Å². The zero-order valence-electron chi connectivity index (χ0n) is 15.6. The van der Waals surface area contributed by atoms with Crippen molar-refractivity contribution in [2.24, 2.45) is 0 Å². The standard InChI is InChI=1S/C24H21N3O/c1-17(28)27-23-8-4-7-21(12-23)22-13-24(16-25-15-22)26-14-18-9-10-19-5-2-3-6-20(19)11-18/h2-13,15-16,26H,14H2,1H3,(H,27,28). The van der Waals surface area contributed by atoms with E-state index in [1.165, 1.54) is 23.3 Å². The fraction of sp³-hybridized carbons (Fsp3) is 0.0833. The van der Waals surface area contributed by atoms with Gasteiger partial charge < -0.3 is 10.6 Å². The number of hydrogen-bond acceptors (Lipinski definition) is 3. The number of hydrogen-bond donors (Lipinski definition) is 2. The Morgan fingerprint density at radius 2 is 1.64 bits per heavy atom. The summed E-state index contributed by atoms with van der Waals surface area (Å²) in [6.07, 6.45) is 3.65. The van der Waals surface area contributed by atoms with Gasteiger partial charge in [-0.15, -0.1) is 0 Å². The van der Waals surface area contributed by atoms with Gasteiger partial charge in [-0.25, -0.2) is 0 Å². The number of rotatable bonds is 5. The predicted octanol–water partition coefficient (Wildman–Crippen LogP) is 5.47. The molecule has 0 unspecified atom stereocenters. The van der Waals surface area contributed by atoms with E-state index in [4.69, 9.17) is 0 Å². The fourth-order valence-corrected chi connectivity index (χ4v) is 3.23. The summed E-state index contributed by atoms with van der Waals surface area (Å²) in [6.45, 7) is 2.23. The topological polar surface area (TPSA) is 54.0 Å². The van der Waals surface area contributed by atoms with Crippen LogP contribution in [0.15, 0.2) is 85.2 Å². The highest BCUT2D eigenvalue weighted by atomic mass is 16.1. The Morgan fingerprint density at radius 1 is 0.821 bits per heavy atom. The van der Waals surface area contributed by atoms with Gasteiger partial charge in [0.05, 0.1) is 5.69 Å². The molecule has 0 fully saturated rings. The molecular weight excluding hydrogens is 346 g/mol. The van der Waals surface area contributed by atoms with Gasteiger partial charge >= 0.3 is 0 Å². The molecule has 0 aliphatic heterocycles. The van der Waals surface area contributed by atoms with Crippen LogP contribution in [0.1, 0.15) is 12.5 Å². The molecule has 4 aromatic rings. The van der Waals surface area contributed by atoms with Gasteiger partial charge in [0, 0.05) is 37.1 Å². The Hall–Kier alpha value is -3.66. The zero-order valence-corrected chi connectivity index (χ0v) is 15.6. The fourth-order valence-electron chi connectivity index (χ4n) is 3.23. The Bertz CT molecular complexity index is 1140. The van der Waals surface area contributed by atoms with Gasteiger partial charge in [0.25, 0.3) is 0 Å². The van der Waals surface area contributed by atoms with Gasteiger partial charge in [0.1, 0.15) is 0 Å². The lowest BCUT2D eigenvalue weighted by Gasteiger charge is -2.10. The maximum atomic E-state index is 11.3. The van der Waals surface area contributed by atoms with Crippen molar-refractivity contribution in [2.45, 2.75) is 13.5 Å². The monoisotopic (exact) mass is 367 g/mol. The van der Waals surface area contributed by atoms with Crippen LogP contribution in [0.4, 0.5) is 11.4 Å². The lowest BCUT2D eigenvalue weighted by molar-refractivity contribution is -0.114. The van der Waals surface area contributed by atoms with Crippen molar-refractivity contribution in [3.05, 3.63) is 90.8 Å². The third kappa shape index (κ3) is 4.18. The Morgan fingerprint density at radius 3 is 2.50 bits per heavy atom. The highest BCUT2D eigenvalue weighted by Crippen LogP contribution is 2.25. The largest absolute Gasteiger partial charge is 0.380 e. The predicted molar refractivity (Wildman–Crippen MR) is 115 cm³/mol. The second-order valence-electron chi connectivity index (χ2n) is 6.76. The van der Waals surface area contributed by atoms with E-state index in [-0.39, 0.29) is 5.91 Å². The number of amides is 1. The number of nitrogens with one attached hydrogen (secondary N) is 2. The third-order valence-electron chi connectivity index (χ3n) is 4.57. The van der Waals surface area contributed by atoms with Crippen LogP contribution in [-0.2, 0) is 11.3 Å². The van der Waals surface area contributed by atoms with Gasteiger partial charge in [0.15, 0.2) is 0 Å². The van der Waals surface area contributed by atoms with Gasteiger partial charge in [-0.3, -0.25) is 9.78 Å². The molecule has 138 valence electrons. The SMILES string of the molecule is CC(=O)Nc1cccc(-c2cncc(NCc3ccc4ccccc4c3)c2)c1. The van der Waals surface area contributed by atoms with E-state index in [9.17, 15) is 4.79 Å². The first-order chi connectivity index (χ1) is 13.7. The normalized spacial score (nSPS) is 10.6. The van der Waals surface area contributed by atoms with Crippen LogP contribution in [0.5, 0.6) is 0 Å². The molecule has 2 N–H and O–H groups in total. The van der Waals surface area contributed by atoms with Crippen molar-refractivity contribution in [3.63, 3.8) is 0 Å². The number of nitrogens with zero attached hydrogens (tertiary/aromatic N) is 1. The highest BCUT2D eigenvalue weighted by Gasteiger charge is 2.03. The molecule has 4 nitrogen and oxygen atoms in total. The summed E-state index contributed by atoms with van der Waals surface area (Å²) < 4.78 is 0. The molecule has 0 saturated carbocycles. The molecular formula is C24H21N3O. The van der Waals surface area contributed by atoms with Crippen molar-refractivity contribution in [3.8, 4) is 11.1 Å². The maximum Gasteiger partial charge on any atom is 0.221 e. The van der Waals surface area contributed by atoms with Crippen LogP contribution in [0, 0.1) is 0 Å². The molecule has 0 bridgehead atoms. The molecule has 28 heavy (non-hydrogen) atoms. The zero-order chi connectivity index (χ0) is 19.3. The smallest absolute Gasteiger partial charge is 0.221 e. The minimum atomic E-state index is -0.0823. The third-order valence-corrected chi connectivity index (χ3v) is 4.57. The first-order valence-corrected chi connectivity index (χ1v) is 9.22. The van der Waals surface area contributed by atoms with Crippen molar-refractivity contribution in [2.75, 3.05) is 10.6 Å². The van der Waals surface area contributed by atoms with Crippen LogP contribution in [0.2, 0.25) is 0 Å². The molecule has 1 amide bonds. The van der Waals surface area contributed by atoms with Crippen molar-refractivity contribution in [1.29, 1.82) is 0 Å². The van der Waals surface area contributed by atoms with Crippen LogP contribution in [0.25, 0.3) is 21.9 Å². The average molecular weight is 367 g/mol. The summed E-state index contributed by atoms with van der Waals surface area (Å²) in [5.41, 5.74) is 4.95. The summed E-state index contributed by atoms with van der Waals surface area (Å²) >= 11 is 0. The van der Waals surface area contributed by atoms with E-state index in [1.807, 2.05) is 36.7 Å². The highest BCUT2D eigenvalue weighted by molar-refractivity contribution is 5.89. The number of carbonyl (C=O) groups excluding carboxylic acids is 1. The lowest BCUT2D eigenvalue weighted by atomic mass is 10.1. The summed E-state index contributed by atoms with van der Waals surface area (Å²) in [7, 11) is 0. The number of aromatic nitrogens is 1. The number of pyridine rings is 1. The Balaban J connectivity index is 1.51. The van der Waals surface area contributed by atoms with Gasteiger partial charge in [-0.1, -0.05) is 48.5 Å². The minimum absolute atomic E-state index is 0.0823. The minimum Gasteiger partial charge on any atom is -0.380 e. The Kier molecular flexibility index (Phi) is 5.02. The van der Waals surface area contributed by atoms with Crippen LogP contribution >= 0.6 is 0 Å². The number of anilines is 2. The molecule has 0 radical (unpaired) electrons. The Labute approximate surface area is 164 Å². The number of carbonyl (C=O) groups is 1. The molecule has 1 heterocycles. The quantitative estimate of drug-likeness (QED) is 0.492. The van der Waals surface area contributed by atoms with E-state index in [1.54, 1.807) is 0 Å². The average Bonchev–Trinajstić information content (AvgIpc) is 2.72. The van der Waals surface area contributed by atoms with Crippen molar-refractivity contribution in [1.82, 2.24) is 4.98 Å². The lowest BCUT2D eigenvalue weighted by Crippen LogP contribution is -2.05. The first-order valence-electron chi connectivity index (χ1n) is 9.22. The first kappa shape index (κ1) is 17.7. The van der Waals surface area contributed by atoms with Gasteiger partial charge in [-0.2, -0.15) is 0 Å². The summed E-state index contributed by atoms with van der Waals surface area (Å²) in [5.74, 6) is -0.0823.